The van der Waals surface area contributed by atoms with Crippen LogP contribution in [-0.4, -0.2) is 31.6 Å². The standard InChI is InChI=1S/C21H19NO4/c23-20(22-11-5-8-15-6-1-3-9-18(15)22)14-26-21(24)17-12-16-7-2-4-10-19(16)25-13-17/h1-4,6-7,9-10,12H,5,8,11,13-14H2. The number of carbonyl (C=O) groups excluding carboxylic acids is 2. The van der Waals surface area contributed by atoms with Gasteiger partial charge in [0.25, 0.3) is 5.91 Å². The number of amides is 1. The molecule has 0 unspecified atom stereocenters. The number of anilines is 1. The second-order valence-corrected chi connectivity index (χ2v) is 6.35. The van der Waals surface area contributed by atoms with Gasteiger partial charge in [0.2, 0.25) is 0 Å². The molecular formula is C21H19NO4. The average molecular weight is 349 g/mol. The average Bonchev–Trinajstić information content (AvgIpc) is 2.71. The number of rotatable bonds is 3. The number of carbonyl (C=O) groups is 2. The van der Waals surface area contributed by atoms with Gasteiger partial charge in [-0.05, 0) is 36.6 Å². The summed E-state index contributed by atoms with van der Waals surface area (Å²) in [5, 5.41) is 0. The van der Waals surface area contributed by atoms with Crippen LogP contribution in [0, 0.1) is 0 Å². The zero-order valence-corrected chi connectivity index (χ0v) is 14.3. The van der Waals surface area contributed by atoms with Gasteiger partial charge in [-0.25, -0.2) is 4.79 Å². The Morgan fingerprint density at radius 2 is 1.88 bits per heavy atom. The summed E-state index contributed by atoms with van der Waals surface area (Å²) < 4.78 is 10.8. The lowest BCUT2D eigenvalue weighted by molar-refractivity contribution is -0.144. The van der Waals surface area contributed by atoms with Crippen LogP contribution in [0.2, 0.25) is 0 Å². The highest BCUT2D eigenvalue weighted by Crippen LogP contribution is 2.28. The molecule has 2 aromatic carbocycles. The molecule has 0 fully saturated rings. The zero-order valence-electron chi connectivity index (χ0n) is 14.3. The summed E-state index contributed by atoms with van der Waals surface area (Å²) in [4.78, 5) is 26.5. The molecular weight excluding hydrogens is 330 g/mol. The fourth-order valence-electron chi connectivity index (χ4n) is 3.32. The lowest BCUT2D eigenvalue weighted by Crippen LogP contribution is -2.38. The van der Waals surface area contributed by atoms with Crippen LogP contribution >= 0.6 is 0 Å². The van der Waals surface area contributed by atoms with Crippen LogP contribution in [0.4, 0.5) is 5.69 Å². The molecule has 0 radical (unpaired) electrons. The molecule has 0 N–H and O–H groups in total. The first-order valence-electron chi connectivity index (χ1n) is 8.70. The first kappa shape index (κ1) is 16.4. The third kappa shape index (κ3) is 3.20. The van der Waals surface area contributed by atoms with E-state index in [9.17, 15) is 9.59 Å². The molecule has 5 heteroatoms. The molecule has 0 atom stereocenters. The molecule has 2 aliphatic heterocycles. The number of fused-ring (bicyclic) bond motifs is 2. The number of hydrogen-bond acceptors (Lipinski definition) is 4. The third-order valence-electron chi connectivity index (χ3n) is 4.63. The van der Waals surface area contributed by atoms with Gasteiger partial charge in [-0.15, -0.1) is 0 Å². The first-order valence-corrected chi connectivity index (χ1v) is 8.70. The van der Waals surface area contributed by atoms with Gasteiger partial charge in [0.1, 0.15) is 12.4 Å². The summed E-state index contributed by atoms with van der Waals surface area (Å²) in [6.07, 6.45) is 3.62. The zero-order chi connectivity index (χ0) is 17.9. The molecule has 0 aliphatic carbocycles. The van der Waals surface area contributed by atoms with E-state index in [0.29, 0.717) is 12.1 Å². The van der Waals surface area contributed by atoms with Crippen LogP contribution < -0.4 is 9.64 Å². The van der Waals surface area contributed by atoms with Crippen LogP contribution in [-0.2, 0) is 20.7 Å². The van der Waals surface area contributed by atoms with Gasteiger partial charge in [0.15, 0.2) is 6.61 Å². The summed E-state index contributed by atoms with van der Waals surface area (Å²) >= 11 is 0. The molecule has 0 spiro atoms. The SMILES string of the molecule is O=C(OCC(=O)N1CCCc2ccccc21)C1=Cc2ccccc2OC1. The molecule has 0 aromatic heterocycles. The maximum atomic E-state index is 12.5. The number of para-hydroxylation sites is 2. The normalized spacial score (nSPS) is 15.2. The monoisotopic (exact) mass is 349 g/mol. The van der Waals surface area contributed by atoms with Crippen LogP contribution in [0.3, 0.4) is 0 Å². The van der Waals surface area contributed by atoms with E-state index in [4.69, 9.17) is 9.47 Å². The van der Waals surface area contributed by atoms with Crippen molar-refractivity contribution in [3.63, 3.8) is 0 Å². The van der Waals surface area contributed by atoms with E-state index in [1.165, 1.54) is 0 Å². The van der Waals surface area contributed by atoms with E-state index in [0.717, 1.165) is 35.4 Å². The van der Waals surface area contributed by atoms with E-state index >= 15 is 0 Å². The molecule has 0 saturated heterocycles. The van der Waals surface area contributed by atoms with Crippen molar-refractivity contribution in [2.45, 2.75) is 12.8 Å². The highest BCUT2D eigenvalue weighted by atomic mass is 16.5. The van der Waals surface area contributed by atoms with Gasteiger partial charge in [0, 0.05) is 17.8 Å². The van der Waals surface area contributed by atoms with Crippen LogP contribution in [0.15, 0.2) is 54.1 Å². The number of ether oxygens (including phenoxy) is 2. The van der Waals surface area contributed by atoms with Crippen molar-refractivity contribution >= 4 is 23.6 Å². The van der Waals surface area contributed by atoms with Crippen molar-refractivity contribution in [1.29, 1.82) is 0 Å². The van der Waals surface area contributed by atoms with Gasteiger partial charge in [-0.2, -0.15) is 0 Å². The number of aryl methyl sites for hydroxylation is 1. The Morgan fingerprint density at radius 1 is 1.08 bits per heavy atom. The quantitative estimate of drug-likeness (QED) is 0.800. The Balaban J connectivity index is 1.41. The molecule has 0 bridgehead atoms. The molecule has 2 heterocycles. The minimum Gasteiger partial charge on any atom is -0.488 e. The van der Waals surface area contributed by atoms with E-state index in [2.05, 4.69) is 0 Å². The fourth-order valence-corrected chi connectivity index (χ4v) is 3.32. The Hall–Kier alpha value is -3.08. The van der Waals surface area contributed by atoms with Crippen molar-refractivity contribution in [1.82, 2.24) is 0 Å². The highest BCUT2D eigenvalue weighted by Gasteiger charge is 2.24. The van der Waals surface area contributed by atoms with Gasteiger partial charge < -0.3 is 14.4 Å². The molecule has 2 aliphatic rings. The predicted octanol–water partition coefficient (Wildman–Crippen LogP) is 2.99. The predicted molar refractivity (Wildman–Crippen MR) is 98.0 cm³/mol. The van der Waals surface area contributed by atoms with Gasteiger partial charge in [0.05, 0.1) is 5.57 Å². The van der Waals surface area contributed by atoms with Gasteiger partial charge in [-0.1, -0.05) is 36.4 Å². The lowest BCUT2D eigenvalue weighted by Gasteiger charge is -2.29. The summed E-state index contributed by atoms with van der Waals surface area (Å²) in [6.45, 7) is 0.523. The molecule has 5 nitrogen and oxygen atoms in total. The number of hydrogen-bond donors (Lipinski definition) is 0. The van der Waals surface area contributed by atoms with E-state index in [1.54, 1.807) is 11.0 Å². The van der Waals surface area contributed by atoms with Crippen molar-refractivity contribution in [3.05, 3.63) is 65.2 Å². The minimum absolute atomic E-state index is 0.149. The maximum absolute atomic E-state index is 12.5. The van der Waals surface area contributed by atoms with Crippen molar-refractivity contribution < 1.29 is 19.1 Å². The Kier molecular flexibility index (Phi) is 4.44. The Morgan fingerprint density at radius 3 is 2.81 bits per heavy atom. The molecule has 26 heavy (non-hydrogen) atoms. The Bertz CT molecular complexity index is 887. The van der Waals surface area contributed by atoms with E-state index < -0.39 is 5.97 Å². The third-order valence-corrected chi connectivity index (χ3v) is 4.63. The number of esters is 1. The minimum atomic E-state index is -0.516. The van der Waals surface area contributed by atoms with E-state index in [-0.39, 0.29) is 19.1 Å². The molecule has 1 amide bonds. The summed E-state index contributed by atoms with van der Waals surface area (Å²) in [6, 6.07) is 15.3. The summed E-state index contributed by atoms with van der Waals surface area (Å²) in [5.41, 5.74) is 3.31. The van der Waals surface area contributed by atoms with Crippen molar-refractivity contribution in [3.8, 4) is 5.75 Å². The van der Waals surface area contributed by atoms with Gasteiger partial charge >= 0.3 is 5.97 Å². The topological polar surface area (TPSA) is 55.8 Å². The van der Waals surface area contributed by atoms with Crippen LogP contribution in [0.1, 0.15) is 17.5 Å². The molecule has 4 rings (SSSR count). The number of benzene rings is 2. The summed E-state index contributed by atoms with van der Waals surface area (Å²) in [7, 11) is 0. The van der Waals surface area contributed by atoms with Crippen LogP contribution in [0.5, 0.6) is 5.75 Å². The highest BCUT2D eigenvalue weighted by molar-refractivity contribution is 5.99. The lowest BCUT2D eigenvalue weighted by atomic mass is 10.0. The maximum Gasteiger partial charge on any atom is 0.338 e. The fraction of sp³-hybridized carbons (Fsp3) is 0.238. The Labute approximate surface area is 151 Å². The van der Waals surface area contributed by atoms with Crippen LogP contribution in [0.25, 0.3) is 6.08 Å². The smallest absolute Gasteiger partial charge is 0.338 e. The largest absolute Gasteiger partial charge is 0.488 e. The first-order chi connectivity index (χ1) is 12.7. The second kappa shape index (κ2) is 7.04. The van der Waals surface area contributed by atoms with E-state index in [1.807, 2.05) is 48.5 Å². The number of nitrogens with zero attached hydrogens (tertiary/aromatic N) is 1. The summed E-state index contributed by atoms with van der Waals surface area (Å²) in [5.74, 6) is 0.0198. The molecule has 2 aromatic rings. The van der Waals surface area contributed by atoms with Crippen molar-refractivity contribution in [2.75, 3.05) is 24.7 Å². The molecule has 132 valence electrons. The van der Waals surface area contributed by atoms with Gasteiger partial charge in [-0.3, -0.25) is 4.79 Å². The molecule has 0 saturated carbocycles. The van der Waals surface area contributed by atoms with Crippen molar-refractivity contribution in [2.24, 2.45) is 0 Å². The second-order valence-electron chi connectivity index (χ2n) is 6.35.